The number of aryl methyl sites for hydroxylation is 2. The molecule has 1 heterocycles. The van der Waals surface area contributed by atoms with Gasteiger partial charge in [-0.3, -0.25) is 9.59 Å². The smallest absolute Gasteiger partial charge is 0.250 e. The Morgan fingerprint density at radius 3 is 2.60 bits per heavy atom. The lowest BCUT2D eigenvalue weighted by molar-refractivity contribution is -0.115. The molecule has 0 aliphatic carbocycles. The predicted octanol–water partition coefficient (Wildman–Crippen LogP) is 1.57. The van der Waals surface area contributed by atoms with E-state index in [2.05, 4.69) is 10.5 Å². The minimum Gasteiger partial charge on any atom is -0.366 e. The number of carbonyl (C=O) groups excluding carboxylic acids is 2. The first-order chi connectivity index (χ1) is 9.49. The Labute approximate surface area is 115 Å². The van der Waals surface area contributed by atoms with Crippen molar-refractivity contribution in [2.24, 2.45) is 5.73 Å². The van der Waals surface area contributed by atoms with Crippen LogP contribution in [-0.2, 0) is 11.2 Å². The molecule has 1 aromatic heterocycles. The maximum absolute atomic E-state index is 12.0. The molecular formula is C14H15N3O3. The molecule has 0 saturated heterocycles. The second-order valence-corrected chi connectivity index (χ2v) is 4.44. The molecule has 0 aliphatic heterocycles. The molecule has 0 unspecified atom stereocenters. The summed E-state index contributed by atoms with van der Waals surface area (Å²) in [6, 6.07) is 6.60. The molecule has 2 rings (SSSR count). The fraction of sp³-hybridized carbons (Fsp3) is 0.214. The topological polar surface area (TPSA) is 98.2 Å². The minimum absolute atomic E-state index is 0.133. The molecule has 2 aromatic rings. The Balaban J connectivity index is 2.15. The number of anilines is 1. The highest BCUT2D eigenvalue weighted by Crippen LogP contribution is 2.17. The standard InChI is InChI=1S/C14H15N3O3/c1-8-11(9(2)20-17-8)7-13(18)16-12-6-4-3-5-10(12)14(15)19/h3-6H,7H2,1-2H3,(H2,15,19)(H,16,18). The Bertz CT molecular complexity index is 642. The number of nitrogens with zero attached hydrogens (tertiary/aromatic N) is 1. The van der Waals surface area contributed by atoms with Gasteiger partial charge in [0.15, 0.2) is 0 Å². The van der Waals surface area contributed by atoms with Crippen molar-refractivity contribution in [1.82, 2.24) is 5.16 Å². The number of nitrogens with two attached hydrogens (primary N) is 1. The van der Waals surface area contributed by atoms with Crippen molar-refractivity contribution in [3.05, 3.63) is 46.8 Å². The van der Waals surface area contributed by atoms with Gasteiger partial charge in [0.1, 0.15) is 5.76 Å². The highest BCUT2D eigenvalue weighted by atomic mass is 16.5. The van der Waals surface area contributed by atoms with Crippen molar-refractivity contribution in [3.63, 3.8) is 0 Å². The lowest BCUT2D eigenvalue weighted by Crippen LogP contribution is -2.19. The van der Waals surface area contributed by atoms with E-state index in [4.69, 9.17) is 10.3 Å². The summed E-state index contributed by atoms with van der Waals surface area (Å²) in [6.07, 6.45) is 0.133. The van der Waals surface area contributed by atoms with E-state index in [9.17, 15) is 9.59 Å². The molecule has 0 saturated carbocycles. The fourth-order valence-corrected chi connectivity index (χ4v) is 1.92. The van der Waals surface area contributed by atoms with E-state index in [0.29, 0.717) is 17.1 Å². The van der Waals surface area contributed by atoms with Crippen molar-refractivity contribution in [3.8, 4) is 0 Å². The number of nitrogens with one attached hydrogen (secondary N) is 1. The number of hydrogen-bond acceptors (Lipinski definition) is 4. The van der Waals surface area contributed by atoms with E-state index >= 15 is 0 Å². The summed E-state index contributed by atoms with van der Waals surface area (Å²) in [5.74, 6) is -0.229. The van der Waals surface area contributed by atoms with Gasteiger partial charge in [0.05, 0.1) is 23.4 Å². The zero-order valence-corrected chi connectivity index (χ0v) is 11.3. The summed E-state index contributed by atoms with van der Waals surface area (Å²) >= 11 is 0. The molecule has 0 atom stereocenters. The normalized spacial score (nSPS) is 10.3. The number of rotatable bonds is 4. The molecule has 3 N–H and O–H groups in total. The first-order valence-electron chi connectivity index (χ1n) is 6.09. The van der Waals surface area contributed by atoms with Gasteiger partial charge in [-0.1, -0.05) is 17.3 Å². The number of para-hydroxylation sites is 1. The molecule has 1 aromatic carbocycles. The van der Waals surface area contributed by atoms with Crippen LogP contribution in [0.15, 0.2) is 28.8 Å². The minimum atomic E-state index is -0.585. The first-order valence-corrected chi connectivity index (χ1v) is 6.09. The van der Waals surface area contributed by atoms with Crippen LogP contribution in [0.4, 0.5) is 5.69 Å². The number of hydrogen-bond donors (Lipinski definition) is 2. The van der Waals surface area contributed by atoms with Crippen molar-refractivity contribution < 1.29 is 14.1 Å². The number of benzene rings is 1. The maximum Gasteiger partial charge on any atom is 0.250 e. The van der Waals surface area contributed by atoms with E-state index in [1.807, 2.05) is 0 Å². The van der Waals surface area contributed by atoms with Crippen LogP contribution >= 0.6 is 0 Å². The molecule has 0 fully saturated rings. The van der Waals surface area contributed by atoms with E-state index in [1.165, 1.54) is 0 Å². The summed E-state index contributed by atoms with van der Waals surface area (Å²) in [4.78, 5) is 23.3. The summed E-state index contributed by atoms with van der Waals surface area (Å²) in [6.45, 7) is 3.52. The largest absolute Gasteiger partial charge is 0.366 e. The van der Waals surface area contributed by atoms with Gasteiger partial charge in [0, 0.05) is 5.56 Å². The average Bonchev–Trinajstić information content (AvgIpc) is 2.71. The molecule has 104 valence electrons. The Morgan fingerprint density at radius 2 is 2.00 bits per heavy atom. The van der Waals surface area contributed by atoms with Crippen LogP contribution in [0.3, 0.4) is 0 Å². The van der Waals surface area contributed by atoms with Crippen molar-refractivity contribution >= 4 is 17.5 Å². The van der Waals surface area contributed by atoms with Crippen LogP contribution in [0, 0.1) is 13.8 Å². The van der Waals surface area contributed by atoms with Gasteiger partial charge in [-0.15, -0.1) is 0 Å². The van der Waals surface area contributed by atoms with Crippen LogP contribution in [0.1, 0.15) is 27.4 Å². The van der Waals surface area contributed by atoms with Gasteiger partial charge >= 0.3 is 0 Å². The van der Waals surface area contributed by atoms with Gasteiger partial charge in [-0.2, -0.15) is 0 Å². The van der Waals surface area contributed by atoms with Crippen LogP contribution in [0.2, 0.25) is 0 Å². The molecule has 0 bridgehead atoms. The quantitative estimate of drug-likeness (QED) is 0.883. The molecule has 20 heavy (non-hydrogen) atoms. The average molecular weight is 273 g/mol. The zero-order valence-electron chi connectivity index (χ0n) is 11.3. The lowest BCUT2D eigenvalue weighted by Gasteiger charge is -2.08. The van der Waals surface area contributed by atoms with Crippen molar-refractivity contribution in [1.29, 1.82) is 0 Å². The number of primary amides is 1. The lowest BCUT2D eigenvalue weighted by atomic mass is 10.1. The van der Waals surface area contributed by atoms with E-state index in [-0.39, 0.29) is 17.9 Å². The van der Waals surface area contributed by atoms with Gasteiger partial charge in [-0.05, 0) is 26.0 Å². The molecular weight excluding hydrogens is 258 g/mol. The predicted molar refractivity (Wildman–Crippen MR) is 73.3 cm³/mol. The second-order valence-electron chi connectivity index (χ2n) is 4.44. The second kappa shape index (κ2) is 5.56. The van der Waals surface area contributed by atoms with Crippen molar-refractivity contribution in [2.75, 3.05) is 5.32 Å². The Kier molecular flexibility index (Phi) is 3.84. The highest BCUT2D eigenvalue weighted by molar-refractivity contribution is 6.03. The third-order valence-corrected chi connectivity index (χ3v) is 2.99. The van der Waals surface area contributed by atoms with E-state index < -0.39 is 5.91 Å². The van der Waals surface area contributed by atoms with Crippen LogP contribution in [0.5, 0.6) is 0 Å². The molecule has 2 amide bonds. The van der Waals surface area contributed by atoms with E-state index in [0.717, 1.165) is 5.56 Å². The van der Waals surface area contributed by atoms with Gasteiger partial charge in [-0.25, -0.2) is 0 Å². The summed E-state index contributed by atoms with van der Waals surface area (Å²) < 4.78 is 5.00. The van der Waals surface area contributed by atoms with Gasteiger partial charge < -0.3 is 15.6 Å². The van der Waals surface area contributed by atoms with Gasteiger partial charge in [0.2, 0.25) is 5.91 Å². The maximum atomic E-state index is 12.0. The summed E-state index contributed by atoms with van der Waals surface area (Å²) in [5, 5.41) is 6.47. The van der Waals surface area contributed by atoms with Gasteiger partial charge in [0.25, 0.3) is 5.91 Å². The summed E-state index contributed by atoms with van der Waals surface area (Å²) in [7, 11) is 0. The monoisotopic (exact) mass is 273 g/mol. The zero-order chi connectivity index (χ0) is 14.7. The number of aromatic nitrogens is 1. The molecule has 0 aliphatic rings. The Morgan fingerprint density at radius 1 is 1.30 bits per heavy atom. The van der Waals surface area contributed by atoms with Crippen LogP contribution < -0.4 is 11.1 Å². The first kappa shape index (κ1) is 13.8. The molecule has 0 radical (unpaired) electrons. The number of carbonyl (C=O) groups is 2. The summed E-state index contributed by atoms with van der Waals surface area (Å²) in [5.41, 5.74) is 7.37. The third kappa shape index (κ3) is 2.85. The fourth-order valence-electron chi connectivity index (χ4n) is 1.92. The SMILES string of the molecule is Cc1noc(C)c1CC(=O)Nc1ccccc1C(N)=O. The van der Waals surface area contributed by atoms with Crippen LogP contribution in [-0.4, -0.2) is 17.0 Å². The molecule has 6 nitrogen and oxygen atoms in total. The van der Waals surface area contributed by atoms with Crippen LogP contribution in [0.25, 0.3) is 0 Å². The van der Waals surface area contributed by atoms with Crippen molar-refractivity contribution in [2.45, 2.75) is 20.3 Å². The Hall–Kier alpha value is -2.63. The molecule has 6 heteroatoms. The third-order valence-electron chi connectivity index (χ3n) is 2.99. The highest BCUT2D eigenvalue weighted by Gasteiger charge is 2.15. The number of amides is 2. The van der Waals surface area contributed by atoms with E-state index in [1.54, 1.807) is 38.1 Å². The molecule has 0 spiro atoms.